The second-order valence-corrected chi connectivity index (χ2v) is 7.77. The van der Waals surface area contributed by atoms with Crippen LogP contribution in [0.4, 0.5) is 4.39 Å². The highest BCUT2D eigenvalue weighted by atomic mass is 31.2. The molecular formula is C13H24FO3P. The lowest BCUT2D eigenvalue weighted by Gasteiger charge is -2.34. The molecule has 2 saturated carbocycles. The van der Waals surface area contributed by atoms with E-state index in [1.807, 2.05) is 0 Å². The van der Waals surface area contributed by atoms with E-state index >= 15 is 0 Å². The van der Waals surface area contributed by atoms with Crippen molar-refractivity contribution >= 4 is 7.60 Å². The van der Waals surface area contributed by atoms with Gasteiger partial charge >= 0.3 is 7.60 Å². The van der Waals surface area contributed by atoms with E-state index in [9.17, 15) is 8.96 Å². The lowest BCUT2D eigenvalue weighted by molar-refractivity contribution is 0.110. The third-order valence-corrected chi connectivity index (χ3v) is 6.65. The van der Waals surface area contributed by atoms with E-state index < -0.39 is 19.4 Å². The van der Waals surface area contributed by atoms with Crippen molar-refractivity contribution in [3.8, 4) is 0 Å². The average molecular weight is 278 g/mol. The van der Waals surface area contributed by atoms with Gasteiger partial charge in [0, 0.05) is 7.11 Å². The predicted octanol–water partition coefficient (Wildman–Crippen LogP) is 4.46. The summed E-state index contributed by atoms with van der Waals surface area (Å²) >= 11 is 0. The molecule has 0 N–H and O–H groups in total. The van der Waals surface area contributed by atoms with Gasteiger partial charge < -0.3 is 9.05 Å². The van der Waals surface area contributed by atoms with Gasteiger partial charge in [0.05, 0.1) is 11.8 Å². The molecule has 2 aliphatic rings. The van der Waals surface area contributed by atoms with Gasteiger partial charge in [0.15, 0.2) is 0 Å². The van der Waals surface area contributed by atoms with Gasteiger partial charge in [-0.1, -0.05) is 32.1 Å². The average Bonchev–Trinajstić information content (AvgIpc) is 2.40. The molecule has 0 radical (unpaired) electrons. The molecule has 0 spiro atoms. The zero-order chi connectivity index (χ0) is 13.0. The number of hydrogen-bond donors (Lipinski definition) is 0. The Morgan fingerprint density at radius 1 is 1.00 bits per heavy atom. The molecule has 0 bridgehead atoms. The molecule has 0 aromatic heterocycles. The van der Waals surface area contributed by atoms with E-state index in [0.29, 0.717) is 12.8 Å². The Morgan fingerprint density at radius 2 is 1.61 bits per heavy atom. The van der Waals surface area contributed by atoms with Crippen LogP contribution in [-0.2, 0) is 13.6 Å². The molecule has 2 fully saturated rings. The van der Waals surface area contributed by atoms with Gasteiger partial charge in [0.1, 0.15) is 6.17 Å². The molecule has 0 aromatic carbocycles. The summed E-state index contributed by atoms with van der Waals surface area (Å²) in [5.74, 6) is 0. The molecular weight excluding hydrogens is 254 g/mol. The largest absolute Gasteiger partial charge is 0.336 e. The van der Waals surface area contributed by atoms with Crippen LogP contribution in [0.2, 0.25) is 0 Å². The van der Waals surface area contributed by atoms with Crippen LogP contribution >= 0.6 is 7.60 Å². The maximum absolute atomic E-state index is 14.0. The number of hydrogen-bond acceptors (Lipinski definition) is 3. The Bertz CT molecular complexity index is 305. The fourth-order valence-corrected chi connectivity index (χ4v) is 5.24. The second kappa shape index (κ2) is 6.49. The van der Waals surface area contributed by atoms with Crippen LogP contribution in [0.3, 0.4) is 0 Å². The Balaban J connectivity index is 2.01. The van der Waals surface area contributed by atoms with Crippen molar-refractivity contribution in [1.82, 2.24) is 0 Å². The molecule has 0 heterocycles. The third-order valence-electron chi connectivity index (χ3n) is 4.16. The van der Waals surface area contributed by atoms with Crippen LogP contribution in [0, 0.1) is 0 Å². The third kappa shape index (κ3) is 3.34. The van der Waals surface area contributed by atoms with E-state index in [2.05, 4.69) is 0 Å². The molecule has 106 valence electrons. The van der Waals surface area contributed by atoms with Gasteiger partial charge in [-0.2, -0.15) is 0 Å². The Labute approximate surface area is 109 Å². The van der Waals surface area contributed by atoms with Gasteiger partial charge in [0.2, 0.25) is 0 Å². The van der Waals surface area contributed by atoms with E-state index in [1.54, 1.807) is 0 Å². The van der Waals surface area contributed by atoms with Crippen LogP contribution in [0.15, 0.2) is 0 Å². The Kier molecular flexibility index (Phi) is 5.23. The summed E-state index contributed by atoms with van der Waals surface area (Å²) in [5, 5.41) is 0. The first-order valence-electron chi connectivity index (χ1n) is 7.13. The Hall–Kier alpha value is 0.0800. The van der Waals surface area contributed by atoms with Crippen LogP contribution in [0.1, 0.15) is 57.8 Å². The zero-order valence-corrected chi connectivity index (χ0v) is 12.0. The summed E-state index contributed by atoms with van der Waals surface area (Å²) in [6.45, 7) is 0. The molecule has 0 aliphatic heterocycles. The quantitative estimate of drug-likeness (QED) is 0.712. The fraction of sp³-hybridized carbons (Fsp3) is 1.00. The first-order chi connectivity index (χ1) is 8.65. The molecule has 3 nitrogen and oxygen atoms in total. The van der Waals surface area contributed by atoms with E-state index in [4.69, 9.17) is 9.05 Å². The smallest absolute Gasteiger partial charge is 0.312 e. The molecule has 3 unspecified atom stereocenters. The fourth-order valence-electron chi connectivity index (χ4n) is 3.06. The summed E-state index contributed by atoms with van der Waals surface area (Å²) in [5.41, 5.74) is -0.543. The van der Waals surface area contributed by atoms with Crippen molar-refractivity contribution in [3.05, 3.63) is 0 Å². The first-order valence-corrected chi connectivity index (χ1v) is 8.75. The van der Waals surface area contributed by atoms with E-state index in [1.165, 1.54) is 13.5 Å². The zero-order valence-electron chi connectivity index (χ0n) is 11.1. The van der Waals surface area contributed by atoms with Gasteiger partial charge in [-0.05, 0) is 25.7 Å². The Morgan fingerprint density at radius 3 is 2.22 bits per heavy atom. The van der Waals surface area contributed by atoms with Crippen LogP contribution in [0.25, 0.3) is 0 Å². The standard InChI is InChI=1S/C13H24FO3P/c1-16-18(15,13-10-6-5-9-12(13)14)17-11-7-3-2-4-8-11/h11-13H,2-10H2,1H3. The van der Waals surface area contributed by atoms with Gasteiger partial charge in [-0.3, -0.25) is 4.57 Å². The van der Waals surface area contributed by atoms with Crippen molar-refractivity contribution in [2.45, 2.75) is 75.7 Å². The van der Waals surface area contributed by atoms with Gasteiger partial charge in [-0.25, -0.2) is 4.39 Å². The summed E-state index contributed by atoms with van der Waals surface area (Å²) in [7, 11) is -1.88. The summed E-state index contributed by atoms with van der Waals surface area (Å²) in [4.78, 5) is 0. The van der Waals surface area contributed by atoms with Crippen molar-refractivity contribution < 1.29 is 18.0 Å². The van der Waals surface area contributed by atoms with Gasteiger partial charge in [0.25, 0.3) is 0 Å². The number of alkyl halides is 1. The number of rotatable bonds is 4. The molecule has 0 amide bonds. The topological polar surface area (TPSA) is 35.5 Å². The van der Waals surface area contributed by atoms with Crippen molar-refractivity contribution in [1.29, 1.82) is 0 Å². The second-order valence-electron chi connectivity index (χ2n) is 5.46. The summed E-state index contributed by atoms with van der Waals surface area (Å²) in [6, 6.07) is 0. The normalized spacial score (nSPS) is 34.1. The highest BCUT2D eigenvalue weighted by Crippen LogP contribution is 2.59. The van der Waals surface area contributed by atoms with Crippen molar-refractivity contribution in [2.75, 3.05) is 7.11 Å². The lowest BCUT2D eigenvalue weighted by atomic mass is 9.98. The first kappa shape index (κ1) is 14.5. The molecule has 2 rings (SSSR count). The van der Waals surface area contributed by atoms with Crippen LogP contribution in [-0.4, -0.2) is 25.0 Å². The van der Waals surface area contributed by atoms with E-state index in [0.717, 1.165) is 38.5 Å². The van der Waals surface area contributed by atoms with Gasteiger partial charge in [-0.15, -0.1) is 0 Å². The SMILES string of the molecule is COP(=O)(OC1CCCCC1)C1CCCCC1F. The predicted molar refractivity (Wildman–Crippen MR) is 69.7 cm³/mol. The maximum atomic E-state index is 14.0. The molecule has 5 heteroatoms. The molecule has 3 atom stereocenters. The van der Waals surface area contributed by atoms with Crippen molar-refractivity contribution in [3.63, 3.8) is 0 Å². The highest BCUT2D eigenvalue weighted by Gasteiger charge is 2.43. The maximum Gasteiger partial charge on any atom is 0.336 e. The van der Waals surface area contributed by atoms with Crippen LogP contribution in [0.5, 0.6) is 0 Å². The van der Waals surface area contributed by atoms with E-state index in [-0.39, 0.29) is 6.10 Å². The van der Waals surface area contributed by atoms with Crippen molar-refractivity contribution in [2.24, 2.45) is 0 Å². The highest BCUT2D eigenvalue weighted by molar-refractivity contribution is 7.54. The van der Waals surface area contributed by atoms with Crippen LogP contribution < -0.4 is 0 Å². The minimum atomic E-state index is -3.28. The summed E-state index contributed by atoms with van der Waals surface area (Å²) < 4.78 is 37.6. The lowest BCUT2D eigenvalue weighted by Crippen LogP contribution is -2.29. The number of halogens is 1. The minimum Gasteiger partial charge on any atom is -0.312 e. The molecule has 18 heavy (non-hydrogen) atoms. The molecule has 2 aliphatic carbocycles. The monoisotopic (exact) mass is 278 g/mol. The molecule has 0 aromatic rings. The minimum absolute atomic E-state index is 0.00124. The summed E-state index contributed by atoms with van der Waals surface area (Å²) in [6.07, 6.45) is 7.17. The molecule has 0 saturated heterocycles.